The molecule has 5 aliphatic carbocycles. The summed E-state index contributed by atoms with van der Waals surface area (Å²) >= 11 is 0. The molecule has 226 valence electrons. The molecule has 0 aromatic heterocycles. The van der Waals surface area contributed by atoms with E-state index in [9.17, 15) is 27.6 Å². The first-order valence-electron chi connectivity index (χ1n) is 15.5. The van der Waals surface area contributed by atoms with Crippen LogP contribution in [0.5, 0.6) is 0 Å². The number of fused-ring (bicyclic) bond motifs is 7. The zero-order chi connectivity index (χ0) is 30.6. The summed E-state index contributed by atoms with van der Waals surface area (Å²) in [5.74, 6) is -1.88. The molecule has 2 unspecified atom stereocenters. The van der Waals surface area contributed by atoms with Crippen LogP contribution in [-0.4, -0.2) is 23.5 Å². The second-order valence-electron chi connectivity index (χ2n) is 16.4. The first-order valence-corrected chi connectivity index (χ1v) is 15.5. The number of alkyl halides is 3. The number of halogens is 3. The van der Waals surface area contributed by atoms with E-state index in [1.165, 1.54) is 0 Å². The van der Waals surface area contributed by atoms with E-state index in [0.717, 1.165) is 44.9 Å². The van der Waals surface area contributed by atoms with E-state index < -0.39 is 34.6 Å². The summed E-state index contributed by atoms with van der Waals surface area (Å²) < 4.78 is 39.7. The molecule has 4 saturated carbocycles. The molecule has 0 aliphatic heterocycles. The third kappa shape index (κ3) is 4.15. The lowest BCUT2D eigenvalue weighted by Crippen LogP contribution is -2.68. The molecule has 0 aromatic rings. The second-order valence-corrected chi connectivity index (χ2v) is 16.4. The molecule has 0 amide bonds. The minimum absolute atomic E-state index is 0.0247. The number of rotatable bonds is 3. The van der Waals surface area contributed by atoms with E-state index in [-0.39, 0.29) is 63.6 Å². The third-order valence-electron chi connectivity index (χ3n) is 13.8. The summed E-state index contributed by atoms with van der Waals surface area (Å²) in [4.78, 5) is 43.4. The van der Waals surface area contributed by atoms with Crippen LogP contribution in [0.25, 0.3) is 4.85 Å². The van der Waals surface area contributed by atoms with Gasteiger partial charge in [-0.1, -0.05) is 54.5 Å². The predicted octanol–water partition coefficient (Wildman–Crippen LogP) is 8.55. The molecule has 0 N–H and O–H groups in total. The summed E-state index contributed by atoms with van der Waals surface area (Å²) in [7, 11) is 0. The second kappa shape index (κ2) is 9.02. The molecule has 0 heterocycles. The van der Waals surface area contributed by atoms with Gasteiger partial charge in [0.15, 0.2) is 5.78 Å². The van der Waals surface area contributed by atoms with Crippen LogP contribution in [0, 0.1) is 62.7 Å². The number of allylic oxidation sites excluding steroid dienone is 2. The van der Waals surface area contributed by atoms with Gasteiger partial charge in [0.2, 0.25) is 11.5 Å². The van der Waals surface area contributed by atoms with Gasteiger partial charge in [0.05, 0.1) is 6.57 Å². The van der Waals surface area contributed by atoms with Gasteiger partial charge in [0.1, 0.15) is 5.78 Å². The molecular formula is C34H46F3NO3. The molecule has 0 radical (unpaired) electrons. The standard InChI is InChI=1S/C34H46F3NO3/c1-28(2)13-15-33(12-10-25(40)34(35,36)37)16-14-32(7)26(20(33)18-28)22(39)17-24-30(5)19-21(38-8)27(41)29(3,4)23(30)9-11-31(24,32)6/h19-20,23-24,26H,9-18H2,1-7H3/t20-,23?,24?,26-,30-,31+,32+,33+/m0/s1. The van der Waals surface area contributed by atoms with Crippen molar-refractivity contribution in [2.75, 3.05) is 0 Å². The summed E-state index contributed by atoms with van der Waals surface area (Å²) in [5, 5.41) is 0. The van der Waals surface area contributed by atoms with Crippen molar-refractivity contribution in [2.45, 2.75) is 119 Å². The lowest BCUT2D eigenvalue weighted by molar-refractivity contribution is -0.224. The van der Waals surface area contributed by atoms with Gasteiger partial charge in [-0.25, -0.2) is 4.85 Å². The van der Waals surface area contributed by atoms with E-state index in [1.54, 1.807) is 0 Å². The summed E-state index contributed by atoms with van der Waals surface area (Å²) in [6.07, 6.45) is 2.73. The minimum Gasteiger partial charge on any atom is -0.307 e. The predicted molar refractivity (Wildman–Crippen MR) is 150 cm³/mol. The Labute approximate surface area is 243 Å². The maximum Gasteiger partial charge on any atom is 0.449 e. The fourth-order valence-electron chi connectivity index (χ4n) is 11.3. The van der Waals surface area contributed by atoms with Gasteiger partial charge >= 0.3 is 6.18 Å². The molecule has 0 aromatic carbocycles. The highest BCUT2D eigenvalue weighted by Gasteiger charge is 2.72. The zero-order valence-corrected chi connectivity index (χ0v) is 25.8. The van der Waals surface area contributed by atoms with Crippen LogP contribution in [0.4, 0.5) is 13.2 Å². The van der Waals surface area contributed by atoms with Crippen LogP contribution in [0.3, 0.4) is 0 Å². The van der Waals surface area contributed by atoms with E-state index in [4.69, 9.17) is 6.57 Å². The first kappa shape index (κ1) is 30.5. The molecule has 7 heteroatoms. The highest BCUT2D eigenvalue weighted by molar-refractivity contribution is 6.02. The largest absolute Gasteiger partial charge is 0.449 e. The van der Waals surface area contributed by atoms with Gasteiger partial charge < -0.3 is 4.79 Å². The molecule has 4 fully saturated rings. The van der Waals surface area contributed by atoms with Gasteiger partial charge in [-0.15, -0.1) is 0 Å². The smallest absolute Gasteiger partial charge is 0.307 e. The van der Waals surface area contributed by atoms with Gasteiger partial charge in [0, 0.05) is 24.2 Å². The van der Waals surface area contributed by atoms with E-state index in [1.807, 2.05) is 19.9 Å². The van der Waals surface area contributed by atoms with Crippen molar-refractivity contribution >= 4 is 17.3 Å². The van der Waals surface area contributed by atoms with E-state index >= 15 is 0 Å². The van der Waals surface area contributed by atoms with Gasteiger partial charge in [-0.3, -0.25) is 9.59 Å². The van der Waals surface area contributed by atoms with Crippen LogP contribution in [0.2, 0.25) is 0 Å². The number of Topliss-reactive ketones (excluding diaryl/α,β-unsaturated/α-hetero) is 3. The summed E-state index contributed by atoms with van der Waals surface area (Å²) in [5.41, 5.74) is -2.02. The summed E-state index contributed by atoms with van der Waals surface area (Å²) in [6, 6.07) is 0. The SMILES string of the molecule is [C-]#[N+]C1=C[C@@]2(C)C(CC[C@]3(C)C2CC(=O)[C@@H]2[C@@H]4CC(C)(C)CC[C@]4(CCC(=O)C(F)(F)F)CC[C@]23C)C(C)(C)C1=O. The maximum absolute atomic E-state index is 14.5. The Balaban J connectivity index is 1.57. The molecule has 0 bridgehead atoms. The van der Waals surface area contributed by atoms with Crippen molar-refractivity contribution in [3.8, 4) is 0 Å². The molecule has 0 saturated heterocycles. The topological polar surface area (TPSA) is 55.6 Å². The Morgan fingerprint density at radius 1 is 0.951 bits per heavy atom. The number of carbonyl (C=O) groups excluding carboxylic acids is 3. The van der Waals surface area contributed by atoms with Crippen molar-refractivity contribution in [1.82, 2.24) is 0 Å². The molecule has 5 rings (SSSR count). The van der Waals surface area contributed by atoms with Gasteiger partial charge in [0.25, 0.3) is 0 Å². The lowest BCUT2D eigenvalue weighted by atomic mass is 9.31. The fraction of sp³-hybridized carbons (Fsp3) is 0.824. The van der Waals surface area contributed by atoms with Crippen molar-refractivity contribution in [1.29, 1.82) is 0 Å². The van der Waals surface area contributed by atoms with Crippen LogP contribution < -0.4 is 0 Å². The molecule has 5 aliphatic rings. The first-order chi connectivity index (χ1) is 18.7. The van der Waals surface area contributed by atoms with Crippen molar-refractivity contribution < 1.29 is 27.6 Å². The number of ketones is 3. The van der Waals surface area contributed by atoms with Gasteiger partial charge in [-0.2, -0.15) is 13.2 Å². The number of hydrogen-bond acceptors (Lipinski definition) is 3. The zero-order valence-electron chi connectivity index (χ0n) is 25.8. The molecular weight excluding hydrogens is 527 g/mol. The Hall–Kier alpha value is -1.97. The van der Waals surface area contributed by atoms with Crippen LogP contribution >= 0.6 is 0 Å². The number of hydrogen-bond donors (Lipinski definition) is 0. The molecule has 41 heavy (non-hydrogen) atoms. The Kier molecular flexibility index (Phi) is 6.71. The highest BCUT2D eigenvalue weighted by Crippen LogP contribution is 2.76. The molecule has 8 atom stereocenters. The third-order valence-corrected chi connectivity index (χ3v) is 13.8. The highest BCUT2D eigenvalue weighted by atomic mass is 19.4. The lowest BCUT2D eigenvalue weighted by Gasteiger charge is -2.72. The van der Waals surface area contributed by atoms with E-state index in [0.29, 0.717) is 6.42 Å². The van der Waals surface area contributed by atoms with Crippen LogP contribution in [0.15, 0.2) is 11.8 Å². The Morgan fingerprint density at radius 3 is 2.20 bits per heavy atom. The normalized spacial score (nSPS) is 44.9. The average molecular weight is 574 g/mol. The number of nitrogens with zero attached hydrogens (tertiary/aromatic N) is 1. The van der Waals surface area contributed by atoms with E-state index in [2.05, 4.69) is 39.5 Å². The fourth-order valence-corrected chi connectivity index (χ4v) is 11.3. The average Bonchev–Trinajstić information content (AvgIpc) is 2.86. The van der Waals surface area contributed by atoms with Crippen molar-refractivity contribution in [2.24, 2.45) is 56.2 Å². The van der Waals surface area contributed by atoms with Gasteiger partial charge in [-0.05, 0) is 96.2 Å². The molecule has 4 nitrogen and oxygen atoms in total. The Bertz CT molecular complexity index is 1260. The quantitative estimate of drug-likeness (QED) is 0.318. The summed E-state index contributed by atoms with van der Waals surface area (Å²) in [6.45, 7) is 22.8. The monoisotopic (exact) mass is 573 g/mol. The maximum atomic E-state index is 14.5. The Morgan fingerprint density at radius 2 is 1.59 bits per heavy atom. The molecule has 0 spiro atoms. The van der Waals surface area contributed by atoms with Crippen LogP contribution in [-0.2, 0) is 14.4 Å². The van der Waals surface area contributed by atoms with Crippen molar-refractivity contribution in [3.05, 3.63) is 23.2 Å². The van der Waals surface area contributed by atoms with Crippen molar-refractivity contribution in [3.63, 3.8) is 0 Å². The minimum atomic E-state index is -4.83. The number of carbonyl (C=O) groups is 3. The van der Waals surface area contributed by atoms with Crippen LogP contribution in [0.1, 0.15) is 113 Å².